The van der Waals surface area contributed by atoms with Crippen molar-refractivity contribution in [2.75, 3.05) is 26.2 Å². The second-order valence-corrected chi connectivity index (χ2v) is 5.23. The predicted molar refractivity (Wildman–Crippen MR) is 80.3 cm³/mol. The summed E-state index contributed by atoms with van der Waals surface area (Å²) in [5.41, 5.74) is 0. The lowest BCUT2D eigenvalue weighted by atomic mass is 10.1. The van der Waals surface area contributed by atoms with Gasteiger partial charge in [-0.1, -0.05) is 0 Å². The van der Waals surface area contributed by atoms with E-state index in [0.717, 1.165) is 32.5 Å². The van der Waals surface area contributed by atoms with Gasteiger partial charge in [-0.2, -0.15) is 4.98 Å². The molecular formula is C15H24N4O2. The van der Waals surface area contributed by atoms with Crippen LogP contribution in [-0.4, -0.2) is 58.1 Å². The molecule has 1 aliphatic rings. The van der Waals surface area contributed by atoms with E-state index in [1.165, 1.54) is 0 Å². The fourth-order valence-electron chi connectivity index (χ4n) is 2.57. The Kier molecular flexibility index (Phi) is 5.36. The van der Waals surface area contributed by atoms with Gasteiger partial charge in [-0.25, -0.2) is 9.78 Å². The topological polar surface area (TPSA) is 58.6 Å². The number of hydrogen-bond acceptors (Lipinski definition) is 4. The first-order valence-electron chi connectivity index (χ1n) is 7.64. The lowest BCUT2D eigenvalue weighted by molar-refractivity contribution is 0.0834. The molecular weight excluding hydrogens is 268 g/mol. The average molecular weight is 292 g/mol. The lowest BCUT2D eigenvalue weighted by Gasteiger charge is -2.35. The van der Waals surface area contributed by atoms with Crippen LogP contribution in [0.3, 0.4) is 0 Å². The lowest BCUT2D eigenvalue weighted by Crippen LogP contribution is -2.50. The number of amides is 2. The number of piperidine rings is 1. The van der Waals surface area contributed by atoms with Crippen LogP contribution < -0.4 is 4.74 Å². The molecule has 0 N–H and O–H groups in total. The molecule has 21 heavy (non-hydrogen) atoms. The van der Waals surface area contributed by atoms with Gasteiger partial charge in [-0.3, -0.25) is 0 Å². The molecule has 0 bridgehead atoms. The fourth-order valence-corrected chi connectivity index (χ4v) is 2.57. The monoisotopic (exact) mass is 292 g/mol. The molecule has 1 aliphatic heterocycles. The van der Waals surface area contributed by atoms with Crippen LogP contribution in [0.2, 0.25) is 0 Å². The van der Waals surface area contributed by atoms with Gasteiger partial charge in [0, 0.05) is 31.9 Å². The number of rotatable bonds is 4. The quantitative estimate of drug-likeness (QED) is 0.852. The van der Waals surface area contributed by atoms with Crippen LogP contribution in [0.5, 0.6) is 5.88 Å². The zero-order valence-corrected chi connectivity index (χ0v) is 13.1. The minimum Gasteiger partial charge on any atom is -0.472 e. The van der Waals surface area contributed by atoms with Gasteiger partial charge in [-0.15, -0.1) is 0 Å². The molecule has 2 rings (SSSR count). The minimum absolute atomic E-state index is 0.00700. The first kappa shape index (κ1) is 15.5. The maximum atomic E-state index is 12.4. The Labute approximate surface area is 126 Å². The van der Waals surface area contributed by atoms with E-state index in [1.54, 1.807) is 12.3 Å². The van der Waals surface area contributed by atoms with E-state index in [1.807, 2.05) is 30.6 Å². The van der Waals surface area contributed by atoms with Crippen molar-refractivity contribution >= 4 is 6.03 Å². The summed E-state index contributed by atoms with van der Waals surface area (Å²) >= 11 is 0. The zero-order chi connectivity index (χ0) is 15.2. The standard InChI is InChI=1S/C15H24N4O2/c1-4-18(5-2)15(20)19-10-6-7-13(11-19)21-14-8-9-16-12(3)17-14/h8-9,13H,4-7,10-11H2,1-3H3. The predicted octanol–water partition coefficient (Wildman–Crippen LogP) is 2.09. The molecule has 116 valence electrons. The third kappa shape index (κ3) is 4.06. The number of carbonyl (C=O) groups is 1. The average Bonchev–Trinajstić information content (AvgIpc) is 2.48. The summed E-state index contributed by atoms with van der Waals surface area (Å²) in [4.78, 5) is 24.4. The molecule has 1 unspecified atom stereocenters. The molecule has 1 saturated heterocycles. The van der Waals surface area contributed by atoms with Crippen molar-refractivity contribution in [1.82, 2.24) is 19.8 Å². The maximum Gasteiger partial charge on any atom is 0.320 e. The summed E-state index contributed by atoms with van der Waals surface area (Å²) in [5.74, 6) is 1.28. The highest BCUT2D eigenvalue weighted by Crippen LogP contribution is 2.17. The van der Waals surface area contributed by atoms with Crippen LogP contribution in [0.15, 0.2) is 12.3 Å². The van der Waals surface area contributed by atoms with Crippen molar-refractivity contribution in [2.45, 2.75) is 39.7 Å². The van der Waals surface area contributed by atoms with E-state index in [0.29, 0.717) is 18.2 Å². The number of carbonyl (C=O) groups excluding carboxylic acids is 1. The number of hydrogen-bond donors (Lipinski definition) is 0. The van der Waals surface area contributed by atoms with E-state index in [-0.39, 0.29) is 12.1 Å². The van der Waals surface area contributed by atoms with Crippen molar-refractivity contribution in [2.24, 2.45) is 0 Å². The van der Waals surface area contributed by atoms with Crippen molar-refractivity contribution in [1.29, 1.82) is 0 Å². The van der Waals surface area contributed by atoms with E-state index in [4.69, 9.17) is 4.74 Å². The van der Waals surface area contributed by atoms with Gasteiger partial charge in [0.1, 0.15) is 11.9 Å². The number of aryl methyl sites for hydroxylation is 1. The molecule has 0 aliphatic carbocycles. The van der Waals surface area contributed by atoms with E-state index in [9.17, 15) is 4.79 Å². The number of likely N-dealkylation sites (tertiary alicyclic amines) is 1. The van der Waals surface area contributed by atoms with Gasteiger partial charge in [0.15, 0.2) is 0 Å². The van der Waals surface area contributed by atoms with Crippen LogP contribution in [-0.2, 0) is 0 Å². The number of urea groups is 1. The van der Waals surface area contributed by atoms with Gasteiger partial charge >= 0.3 is 6.03 Å². The molecule has 0 spiro atoms. The van der Waals surface area contributed by atoms with Crippen LogP contribution in [0.25, 0.3) is 0 Å². The molecule has 2 amide bonds. The third-order valence-corrected chi connectivity index (χ3v) is 3.72. The normalized spacial score (nSPS) is 18.4. The first-order chi connectivity index (χ1) is 10.1. The number of ether oxygens (including phenoxy) is 1. The second-order valence-electron chi connectivity index (χ2n) is 5.23. The molecule has 6 nitrogen and oxygen atoms in total. The van der Waals surface area contributed by atoms with Gasteiger partial charge < -0.3 is 14.5 Å². The summed E-state index contributed by atoms with van der Waals surface area (Å²) in [6, 6.07) is 1.87. The molecule has 0 radical (unpaired) electrons. The van der Waals surface area contributed by atoms with Crippen LogP contribution in [0.4, 0.5) is 4.79 Å². The largest absolute Gasteiger partial charge is 0.472 e. The third-order valence-electron chi connectivity index (χ3n) is 3.72. The zero-order valence-electron chi connectivity index (χ0n) is 13.1. The minimum atomic E-state index is 0.00700. The maximum absolute atomic E-state index is 12.4. The Morgan fingerprint density at radius 2 is 2.24 bits per heavy atom. The van der Waals surface area contributed by atoms with Crippen LogP contribution in [0, 0.1) is 6.92 Å². The molecule has 0 saturated carbocycles. The Morgan fingerprint density at radius 1 is 1.48 bits per heavy atom. The van der Waals surface area contributed by atoms with E-state index < -0.39 is 0 Å². The summed E-state index contributed by atoms with van der Waals surface area (Å²) in [5, 5.41) is 0. The van der Waals surface area contributed by atoms with Crippen molar-refractivity contribution < 1.29 is 9.53 Å². The molecule has 1 aromatic rings. The SMILES string of the molecule is CCN(CC)C(=O)N1CCCC(Oc2ccnc(C)n2)C1. The highest BCUT2D eigenvalue weighted by molar-refractivity contribution is 5.74. The second kappa shape index (κ2) is 7.24. The molecule has 2 heterocycles. The Balaban J connectivity index is 1.96. The molecule has 1 atom stereocenters. The van der Waals surface area contributed by atoms with E-state index >= 15 is 0 Å². The number of nitrogens with zero attached hydrogens (tertiary/aromatic N) is 4. The molecule has 1 aromatic heterocycles. The Hall–Kier alpha value is -1.85. The van der Waals surface area contributed by atoms with Crippen molar-refractivity contribution in [3.63, 3.8) is 0 Å². The van der Waals surface area contributed by atoms with Gasteiger partial charge in [0.05, 0.1) is 6.54 Å². The summed E-state index contributed by atoms with van der Waals surface area (Å²) in [6.45, 7) is 8.75. The van der Waals surface area contributed by atoms with Crippen LogP contribution >= 0.6 is 0 Å². The smallest absolute Gasteiger partial charge is 0.320 e. The molecule has 6 heteroatoms. The Morgan fingerprint density at radius 3 is 2.90 bits per heavy atom. The highest BCUT2D eigenvalue weighted by Gasteiger charge is 2.27. The highest BCUT2D eigenvalue weighted by atomic mass is 16.5. The van der Waals surface area contributed by atoms with Crippen molar-refractivity contribution in [3.8, 4) is 5.88 Å². The van der Waals surface area contributed by atoms with Crippen molar-refractivity contribution in [3.05, 3.63) is 18.1 Å². The van der Waals surface area contributed by atoms with E-state index in [2.05, 4.69) is 9.97 Å². The summed E-state index contributed by atoms with van der Waals surface area (Å²) in [6.07, 6.45) is 3.61. The summed E-state index contributed by atoms with van der Waals surface area (Å²) < 4.78 is 5.90. The Bertz CT molecular complexity index is 476. The summed E-state index contributed by atoms with van der Waals surface area (Å²) in [7, 11) is 0. The first-order valence-corrected chi connectivity index (χ1v) is 7.64. The number of aromatic nitrogens is 2. The van der Waals surface area contributed by atoms with Crippen LogP contribution in [0.1, 0.15) is 32.5 Å². The molecule has 1 fully saturated rings. The molecule has 0 aromatic carbocycles. The van der Waals surface area contributed by atoms with Gasteiger partial charge in [0.25, 0.3) is 0 Å². The fraction of sp³-hybridized carbons (Fsp3) is 0.667. The van der Waals surface area contributed by atoms with Gasteiger partial charge in [0.2, 0.25) is 5.88 Å². The van der Waals surface area contributed by atoms with Gasteiger partial charge in [-0.05, 0) is 33.6 Å².